The number of aryl methyl sites for hydroxylation is 1. The van der Waals surface area contributed by atoms with Gasteiger partial charge >= 0.3 is 0 Å². The van der Waals surface area contributed by atoms with Crippen LogP contribution in [0, 0.1) is 0 Å². The molecule has 0 radical (unpaired) electrons. The zero-order valence-corrected chi connectivity index (χ0v) is 22.2. The van der Waals surface area contributed by atoms with Gasteiger partial charge in [-0.25, -0.2) is 4.98 Å². The van der Waals surface area contributed by atoms with Gasteiger partial charge in [0, 0.05) is 23.6 Å². The van der Waals surface area contributed by atoms with Gasteiger partial charge in [-0.3, -0.25) is 14.2 Å². The van der Waals surface area contributed by atoms with E-state index < -0.39 is 0 Å². The third kappa shape index (κ3) is 3.46. The summed E-state index contributed by atoms with van der Waals surface area (Å²) in [7, 11) is 2.00. The number of benzene rings is 5. The highest BCUT2D eigenvalue weighted by Crippen LogP contribution is 2.35. The standard InChI is InChI=1S/C36H23N3O2/c1-38-31(23-11-3-2-4-12-23)21-32-36(38)37-33(39(32)30-17-9-15-22-10-7-8-16-26(22)30)20-29-34(40)27-18-24-13-5-6-14-25(24)19-28(27)35(29)41/h2-21H,1H3. The molecule has 5 heteroatoms. The Hall–Kier alpha value is -5.55. The van der Waals surface area contributed by atoms with Gasteiger partial charge in [0.2, 0.25) is 0 Å². The van der Waals surface area contributed by atoms with Crippen LogP contribution in [0.4, 0.5) is 0 Å². The van der Waals surface area contributed by atoms with Gasteiger partial charge in [-0.15, -0.1) is 0 Å². The number of fused-ring (bicyclic) bond motifs is 4. The van der Waals surface area contributed by atoms with Gasteiger partial charge in [0.15, 0.2) is 17.2 Å². The Morgan fingerprint density at radius 1 is 0.659 bits per heavy atom. The van der Waals surface area contributed by atoms with E-state index in [2.05, 4.69) is 51.6 Å². The van der Waals surface area contributed by atoms with E-state index in [1.165, 1.54) is 0 Å². The van der Waals surface area contributed by atoms with Gasteiger partial charge in [0.25, 0.3) is 0 Å². The molecule has 2 aromatic heterocycles. The molecule has 194 valence electrons. The molecule has 2 heterocycles. The number of nitrogens with zero attached hydrogens (tertiary/aromatic N) is 3. The quantitative estimate of drug-likeness (QED) is 0.173. The summed E-state index contributed by atoms with van der Waals surface area (Å²) >= 11 is 0. The Kier molecular flexibility index (Phi) is 4.97. The Bertz CT molecular complexity index is 2190. The van der Waals surface area contributed by atoms with Crippen molar-refractivity contribution in [3.63, 3.8) is 0 Å². The Balaban J connectivity index is 1.38. The fourth-order valence-electron chi connectivity index (χ4n) is 6.06. The molecule has 1 aliphatic carbocycles. The predicted molar refractivity (Wildman–Crippen MR) is 164 cm³/mol. The molecule has 0 bridgehead atoms. The number of allylic oxidation sites excluding steroid dienone is 1. The molecule has 0 saturated heterocycles. The lowest BCUT2D eigenvalue weighted by Crippen LogP contribution is -2.04. The summed E-state index contributed by atoms with van der Waals surface area (Å²) in [5, 5.41) is 4.02. The van der Waals surface area contributed by atoms with E-state index >= 15 is 0 Å². The van der Waals surface area contributed by atoms with Crippen LogP contribution in [0.25, 0.3) is 55.7 Å². The van der Waals surface area contributed by atoms with Crippen molar-refractivity contribution in [3.8, 4) is 16.9 Å². The van der Waals surface area contributed by atoms with Crippen LogP contribution in [0.1, 0.15) is 26.5 Å². The number of ketones is 2. The van der Waals surface area contributed by atoms with Crippen LogP contribution in [0.3, 0.4) is 0 Å². The minimum atomic E-state index is -0.266. The first-order chi connectivity index (χ1) is 20.1. The number of imidazole rings is 1. The Labute approximate surface area is 235 Å². The minimum Gasteiger partial charge on any atom is -0.327 e. The number of Topliss-reactive ketones (excluding diaryl/α,β-unsaturated/α-hetero) is 2. The maximum absolute atomic E-state index is 13.6. The SMILES string of the molecule is Cn1c(-c2ccccc2)cc2c1nc(C=C1C(=O)c3cc4ccccc4cc3C1=O)n2-c1cccc2ccccc12. The van der Waals surface area contributed by atoms with Crippen molar-refractivity contribution in [2.24, 2.45) is 7.05 Å². The Morgan fingerprint density at radius 2 is 1.27 bits per heavy atom. The van der Waals surface area contributed by atoms with Crippen LogP contribution in [-0.4, -0.2) is 25.7 Å². The van der Waals surface area contributed by atoms with E-state index in [0.717, 1.165) is 49.7 Å². The zero-order valence-electron chi connectivity index (χ0n) is 22.2. The first-order valence-electron chi connectivity index (χ1n) is 13.5. The van der Waals surface area contributed by atoms with Crippen molar-refractivity contribution in [3.05, 3.63) is 138 Å². The number of carbonyl (C=O) groups excluding carboxylic acids is 2. The number of hydrogen-bond donors (Lipinski definition) is 0. The van der Waals surface area contributed by atoms with Gasteiger partial charge < -0.3 is 4.57 Å². The normalized spacial score (nSPS) is 13.0. The topological polar surface area (TPSA) is 56.9 Å². The van der Waals surface area contributed by atoms with E-state index in [0.29, 0.717) is 17.0 Å². The third-order valence-corrected chi connectivity index (χ3v) is 8.09. The van der Waals surface area contributed by atoms with Crippen molar-refractivity contribution in [1.82, 2.24) is 14.1 Å². The monoisotopic (exact) mass is 529 g/mol. The van der Waals surface area contributed by atoms with Gasteiger partial charge in [-0.05, 0) is 52.1 Å². The summed E-state index contributed by atoms with van der Waals surface area (Å²) < 4.78 is 4.13. The maximum Gasteiger partial charge on any atom is 0.197 e. The summed E-state index contributed by atoms with van der Waals surface area (Å²) in [6.07, 6.45) is 1.67. The second-order valence-corrected chi connectivity index (χ2v) is 10.4. The molecule has 41 heavy (non-hydrogen) atoms. The second-order valence-electron chi connectivity index (χ2n) is 10.4. The molecule has 5 aromatic carbocycles. The molecule has 0 unspecified atom stereocenters. The van der Waals surface area contributed by atoms with Gasteiger partial charge in [0.1, 0.15) is 5.82 Å². The number of aromatic nitrogens is 3. The van der Waals surface area contributed by atoms with Crippen molar-refractivity contribution in [2.75, 3.05) is 0 Å². The number of hydrogen-bond acceptors (Lipinski definition) is 3. The smallest absolute Gasteiger partial charge is 0.197 e. The molecule has 0 aliphatic heterocycles. The lowest BCUT2D eigenvalue weighted by atomic mass is 10.0. The highest BCUT2D eigenvalue weighted by Gasteiger charge is 2.34. The molecule has 8 rings (SSSR count). The molecule has 0 atom stereocenters. The van der Waals surface area contributed by atoms with E-state index in [4.69, 9.17) is 4.98 Å². The number of carbonyl (C=O) groups is 2. The Morgan fingerprint density at radius 3 is 1.98 bits per heavy atom. The van der Waals surface area contributed by atoms with Crippen molar-refractivity contribution >= 4 is 50.4 Å². The highest BCUT2D eigenvalue weighted by molar-refractivity contribution is 6.42. The molecular formula is C36H23N3O2. The molecular weight excluding hydrogens is 506 g/mol. The highest BCUT2D eigenvalue weighted by atomic mass is 16.2. The summed E-state index contributed by atoms with van der Waals surface area (Å²) in [4.78, 5) is 32.3. The van der Waals surface area contributed by atoms with Crippen LogP contribution < -0.4 is 0 Å². The summed E-state index contributed by atoms with van der Waals surface area (Å²) in [6, 6.07) is 38.1. The van der Waals surface area contributed by atoms with E-state index in [1.807, 2.05) is 79.8 Å². The van der Waals surface area contributed by atoms with Crippen molar-refractivity contribution < 1.29 is 9.59 Å². The average molecular weight is 530 g/mol. The molecule has 0 N–H and O–H groups in total. The fraction of sp³-hybridized carbons (Fsp3) is 0.0278. The first-order valence-corrected chi connectivity index (χ1v) is 13.5. The van der Waals surface area contributed by atoms with Crippen LogP contribution >= 0.6 is 0 Å². The summed E-state index contributed by atoms with van der Waals surface area (Å²) in [5.41, 5.74) is 5.74. The number of rotatable bonds is 3. The molecule has 7 aromatic rings. The summed E-state index contributed by atoms with van der Waals surface area (Å²) in [6.45, 7) is 0. The van der Waals surface area contributed by atoms with Gasteiger partial charge in [-0.1, -0.05) is 91.0 Å². The van der Waals surface area contributed by atoms with E-state index in [9.17, 15) is 9.59 Å². The predicted octanol–water partition coefficient (Wildman–Crippen LogP) is 7.80. The lowest BCUT2D eigenvalue weighted by molar-refractivity contribution is 0.0990. The second kappa shape index (κ2) is 8.73. The third-order valence-electron chi connectivity index (χ3n) is 8.09. The zero-order chi connectivity index (χ0) is 27.7. The molecule has 0 amide bonds. The van der Waals surface area contributed by atoms with Gasteiger partial charge in [-0.2, -0.15) is 0 Å². The van der Waals surface area contributed by atoms with Gasteiger partial charge in [0.05, 0.1) is 22.5 Å². The average Bonchev–Trinajstić information content (AvgIpc) is 3.61. The van der Waals surface area contributed by atoms with Crippen molar-refractivity contribution in [2.45, 2.75) is 0 Å². The minimum absolute atomic E-state index is 0.135. The van der Waals surface area contributed by atoms with Crippen LogP contribution in [0.15, 0.2) is 121 Å². The summed E-state index contributed by atoms with van der Waals surface area (Å²) in [5.74, 6) is 0.00475. The molecule has 5 nitrogen and oxygen atoms in total. The molecule has 0 spiro atoms. The van der Waals surface area contributed by atoms with E-state index in [1.54, 1.807) is 6.08 Å². The molecule has 0 saturated carbocycles. The molecule has 1 aliphatic rings. The van der Waals surface area contributed by atoms with Crippen molar-refractivity contribution in [1.29, 1.82) is 0 Å². The maximum atomic E-state index is 13.6. The molecule has 0 fully saturated rings. The van der Waals surface area contributed by atoms with Crippen LogP contribution in [0.2, 0.25) is 0 Å². The van der Waals surface area contributed by atoms with Crippen LogP contribution in [0.5, 0.6) is 0 Å². The largest absolute Gasteiger partial charge is 0.327 e. The first kappa shape index (κ1) is 23.3. The fourth-order valence-corrected chi connectivity index (χ4v) is 6.06. The lowest BCUT2D eigenvalue weighted by Gasteiger charge is -2.11. The van der Waals surface area contributed by atoms with Crippen LogP contribution in [-0.2, 0) is 7.05 Å². The van der Waals surface area contributed by atoms with E-state index in [-0.39, 0.29) is 17.1 Å².